The summed E-state index contributed by atoms with van der Waals surface area (Å²) in [4.78, 5) is 10.9. The highest BCUT2D eigenvalue weighted by Gasteiger charge is 2.13. The highest BCUT2D eigenvalue weighted by molar-refractivity contribution is 5.63. The average Bonchev–Trinajstić information content (AvgIpc) is 3.44. The molecule has 1 fully saturated rings. The Bertz CT molecular complexity index is 1450. The predicted octanol–water partition coefficient (Wildman–Crippen LogP) is 4.96. The maximum atomic E-state index is 8.69. The first-order chi connectivity index (χ1) is 19.9. The molecule has 1 aromatic heterocycles. The molecule has 1 saturated heterocycles. The molecule has 0 aliphatic carbocycles. The lowest BCUT2D eigenvalue weighted by atomic mass is 10.1. The van der Waals surface area contributed by atoms with E-state index >= 15 is 0 Å². The molecule has 5 rings (SSSR count). The van der Waals surface area contributed by atoms with Crippen LogP contribution in [0.25, 0.3) is 11.3 Å². The van der Waals surface area contributed by atoms with Crippen LogP contribution in [0.1, 0.15) is 33.6 Å². The lowest BCUT2D eigenvalue weighted by Gasteiger charge is -2.17. The van der Waals surface area contributed by atoms with E-state index in [1.54, 1.807) is 36.4 Å². The number of rotatable bonds is 4. The van der Waals surface area contributed by atoms with E-state index < -0.39 is 19.7 Å². The number of nitrogens with zero attached hydrogens (tertiary/aromatic N) is 3. The van der Waals surface area contributed by atoms with Crippen molar-refractivity contribution in [3.8, 4) is 17.0 Å². The molecule has 2 aromatic carbocycles. The van der Waals surface area contributed by atoms with Crippen LogP contribution in [0, 0.1) is 0 Å². The Morgan fingerprint density at radius 1 is 1.06 bits per heavy atom. The standard InChI is InChI=1S/C28H32N4O3/c1-2-13-32(12-1)14-17-35-27-9-8-25-19-24(27)21-34-16-4-3-15-33-20-22-6-5-7-23(18-22)26-10-11-29-28(30-25)31-26/h3-11,18-19H,1-2,12-17,20-21H2,(H,29,30,31)/b4-3+/i11D,16D2,20D2,21D2. The first-order valence-electron chi connectivity index (χ1n) is 15.2. The summed E-state index contributed by atoms with van der Waals surface area (Å²) < 4.78 is 75.6. The summed E-state index contributed by atoms with van der Waals surface area (Å²) in [5, 5.41) is 3.00. The molecule has 7 nitrogen and oxygen atoms in total. The molecule has 35 heavy (non-hydrogen) atoms. The number of aromatic nitrogens is 2. The molecule has 0 unspecified atom stereocenters. The van der Waals surface area contributed by atoms with Crippen molar-refractivity contribution in [2.75, 3.05) is 44.7 Å². The molecule has 2 aliphatic heterocycles. The van der Waals surface area contributed by atoms with Gasteiger partial charge >= 0.3 is 0 Å². The van der Waals surface area contributed by atoms with E-state index in [2.05, 4.69) is 20.2 Å². The second-order valence-electron chi connectivity index (χ2n) is 8.16. The molecule has 0 spiro atoms. The Morgan fingerprint density at radius 2 is 2.00 bits per heavy atom. The topological polar surface area (TPSA) is 68.7 Å². The summed E-state index contributed by atoms with van der Waals surface area (Å²) in [6, 6.07) is 12.7. The Morgan fingerprint density at radius 3 is 2.94 bits per heavy atom. The van der Waals surface area contributed by atoms with Crippen molar-refractivity contribution in [2.24, 2.45) is 0 Å². The van der Waals surface area contributed by atoms with Crippen LogP contribution in [0.5, 0.6) is 5.75 Å². The summed E-state index contributed by atoms with van der Waals surface area (Å²) >= 11 is 0. The zero-order valence-corrected chi connectivity index (χ0v) is 19.3. The SMILES string of the molecule is [2H]c1cc2nc(n1)Nc1ccc(OCCN3CCCC3)c(c1)C([2H])([2H])OC([2H])([2H])/C=C/COC([2H])([2H])c1cccc-2c1. The molecule has 0 radical (unpaired) electrons. The van der Waals surface area contributed by atoms with Crippen molar-refractivity contribution < 1.29 is 23.8 Å². The van der Waals surface area contributed by atoms with Gasteiger partial charge in [0.1, 0.15) is 12.4 Å². The molecular formula is C28H32N4O3. The second kappa shape index (κ2) is 11.9. The molecule has 0 saturated carbocycles. The number of benzene rings is 2. The van der Waals surface area contributed by atoms with Crippen molar-refractivity contribution in [1.82, 2.24) is 14.9 Å². The fraction of sp³-hybridized carbons (Fsp3) is 0.357. The van der Waals surface area contributed by atoms with Gasteiger partial charge in [0.05, 0.1) is 41.6 Å². The van der Waals surface area contributed by atoms with Gasteiger partial charge in [-0.3, -0.25) is 4.90 Å². The molecule has 6 bridgehead atoms. The first kappa shape index (κ1) is 16.4. The van der Waals surface area contributed by atoms with E-state index in [0.717, 1.165) is 32.0 Å². The van der Waals surface area contributed by atoms with E-state index in [9.17, 15) is 0 Å². The fourth-order valence-corrected chi connectivity index (χ4v) is 3.89. The summed E-state index contributed by atoms with van der Waals surface area (Å²) in [6.45, 7) is -4.78. The van der Waals surface area contributed by atoms with Crippen LogP contribution in [-0.2, 0) is 22.6 Å². The van der Waals surface area contributed by atoms with Crippen LogP contribution in [0.3, 0.4) is 0 Å². The maximum Gasteiger partial charge on any atom is 0.227 e. The van der Waals surface area contributed by atoms with Crippen LogP contribution in [0.2, 0.25) is 0 Å². The molecule has 1 N–H and O–H groups in total. The zero-order valence-electron chi connectivity index (χ0n) is 26.3. The molecule has 3 aromatic rings. The van der Waals surface area contributed by atoms with Crippen molar-refractivity contribution >= 4 is 11.6 Å². The third kappa shape index (κ3) is 6.66. The van der Waals surface area contributed by atoms with Crippen LogP contribution in [-0.4, -0.2) is 54.3 Å². The molecule has 0 amide bonds. The van der Waals surface area contributed by atoms with Crippen molar-refractivity contribution in [3.05, 3.63) is 78.0 Å². The zero-order chi connectivity index (χ0) is 30.0. The third-order valence-electron chi connectivity index (χ3n) is 5.63. The van der Waals surface area contributed by atoms with E-state index in [-0.39, 0.29) is 35.6 Å². The van der Waals surface area contributed by atoms with Crippen LogP contribution in [0.15, 0.2) is 66.9 Å². The molecule has 0 atom stereocenters. The fourth-order valence-electron chi connectivity index (χ4n) is 3.89. The highest BCUT2D eigenvalue weighted by Crippen LogP contribution is 2.26. The molecule has 182 valence electrons. The number of anilines is 2. The average molecular weight is 480 g/mol. The second-order valence-corrected chi connectivity index (χ2v) is 8.16. The van der Waals surface area contributed by atoms with Crippen LogP contribution >= 0.6 is 0 Å². The van der Waals surface area contributed by atoms with Gasteiger partial charge in [0, 0.05) is 29.5 Å². The Hall–Kier alpha value is -3.26. The van der Waals surface area contributed by atoms with E-state index in [4.69, 9.17) is 23.8 Å². The number of fused-ring (bicyclic) bond motifs is 7. The summed E-state index contributed by atoms with van der Waals surface area (Å²) in [5.74, 6) is 0.264. The summed E-state index contributed by atoms with van der Waals surface area (Å²) in [6.07, 6.45) is 4.42. The number of ether oxygens (including phenoxy) is 3. The molecule has 2 aliphatic rings. The Kier molecular flexibility index (Phi) is 5.60. The normalized spacial score (nSPS) is 25.0. The van der Waals surface area contributed by atoms with Gasteiger partial charge < -0.3 is 19.5 Å². The quantitative estimate of drug-likeness (QED) is 0.530. The number of hydrogen-bond donors (Lipinski definition) is 1. The van der Waals surface area contributed by atoms with Gasteiger partial charge in [-0.25, -0.2) is 9.97 Å². The van der Waals surface area contributed by atoms with Gasteiger partial charge in [-0.2, -0.15) is 0 Å². The predicted molar refractivity (Wildman–Crippen MR) is 137 cm³/mol. The van der Waals surface area contributed by atoms with Crippen LogP contribution in [0.4, 0.5) is 11.6 Å². The highest BCUT2D eigenvalue weighted by atomic mass is 16.5. The van der Waals surface area contributed by atoms with Crippen molar-refractivity contribution in [3.63, 3.8) is 0 Å². The monoisotopic (exact) mass is 479 g/mol. The minimum absolute atomic E-state index is 0.0464. The lowest BCUT2D eigenvalue weighted by molar-refractivity contribution is 0.138. The number of nitrogens with one attached hydrogen (secondary N) is 1. The van der Waals surface area contributed by atoms with Gasteiger partial charge in [-0.1, -0.05) is 30.4 Å². The van der Waals surface area contributed by atoms with Gasteiger partial charge in [0.25, 0.3) is 0 Å². The smallest absolute Gasteiger partial charge is 0.227 e. The minimum atomic E-state index is -2.64. The summed E-state index contributed by atoms with van der Waals surface area (Å²) in [5.41, 5.74) is 1.45. The van der Waals surface area contributed by atoms with Gasteiger partial charge in [0.15, 0.2) is 0 Å². The minimum Gasteiger partial charge on any atom is -0.492 e. The van der Waals surface area contributed by atoms with Gasteiger partial charge in [-0.05, 0) is 61.8 Å². The largest absolute Gasteiger partial charge is 0.492 e. The van der Waals surface area contributed by atoms with Gasteiger partial charge in [-0.15, -0.1) is 0 Å². The number of likely N-dealkylation sites (tertiary alicyclic amines) is 1. The maximum absolute atomic E-state index is 8.69. The van der Waals surface area contributed by atoms with Gasteiger partial charge in [0.2, 0.25) is 5.95 Å². The lowest BCUT2D eigenvalue weighted by Crippen LogP contribution is -2.25. The molecular weight excluding hydrogens is 440 g/mol. The van der Waals surface area contributed by atoms with Crippen LogP contribution < -0.4 is 10.1 Å². The summed E-state index contributed by atoms with van der Waals surface area (Å²) in [7, 11) is 0. The van der Waals surface area contributed by atoms with E-state index in [1.807, 2.05) is 0 Å². The van der Waals surface area contributed by atoms with Crippen molar-refractivity contribution in [2.45, 2.75) is 26.0 Å². The Labute approximate surface area is 216 Å². The van der Waals surface area contributed by atoms with Crippen molar-refractivity contribution in [1.29, 1.82) is 0 Å². The van der Waals surface area contributed by atoms with E-state index in [0.29, 0.717) is 30.1 Å². The molecule has 7 heteroatoms. The Balaban J connectivity index is 1.54. The third-order valence-corrected chi connectivity index (χ3v) is 5.63. The molecule has 3 heterocycles. The van der Waals surface area contributed by atoms with E-state index in [1.165, 1.54) is 18.2 Å². The number of hydrogen-bond acceptors (Lipinski definition) is 7. The first-order valence-corrected chi connectivity index (χ1v) is 11.7.